The van der Waals surface area contributed by atoms with Gasteiger partial charge in [0.2, 0.25) is 0 Å². The summed E-state index contributed by atoms with van der Waals surface area (Å²) in [5.41, 5.74) is 1.35. The van der Waals surface area contributed by atoms with Crippen LogP contribution in [0.2, 0.25) is 0 Å². The summed E-state index contributed by atoms with van der Waals surface area (Å²) in [6, 6.07) is 5.50. The first-order valence-electron chi connectivity index (χ1n) is 7.49. The summed E-state index contributed by atoms with van der Waals surface area (Å²) >= 11 is 0. The Morgan fingerprint density at radius 2 is 2.14 bits per heavy atom. The van der Waals surface area contributed by atoms with Crippen LogP contribution in [0, 0.1) is 0 Å². The summed E-state index contributed by atoms with van der Waals surface area (Å²) in [6.45, 7) is 6.37. The summed E-state index contributed by atoms with van der Waals surface area (Å²) in [5.74, 6) is 0.399. The fourth-order valence-corrected chi connectivity index (χ4v) is 2.27. The van der Waals surface area contributed by atoms with Crippen molar-refractivity contribution < 1.29 is 19.1 Å². The van der Waals surface area contributed by atoms with Gasteiger partial charge in [-0.1, -0.05) is 6.92 Å². The van der Waals surface area contributed by atoms with Crippen LogP contribution >= 0.6 is 0 Å². The lowest BCUT2D eigenvalue weighted by Crippen LogP contribution is -2.18. The maximum atomic E-state index is 11.9. The van der Waals surface area contributed by atoms with Gasteiger partial charge in [0.1, 0.15) is 12.3 Å². The van der Waals surface area contributed by atoms with E-state index in [1.807, 2.05) is 39.0 Å². The van der Waals surface area contributed by atoms with E-state index >= 15 is 0 Å². The van der Waals surface area contributed by atoms with Gasteiger partial charge in [-0.25, -0.2) is 0 Å². The van der Waals surface area contributed by atoms with Crippen LogP contribution in [0.3, 0.4) is 0 Å². The van der Waals surface area contributed by atoms with E-state index in [-0.39, 0.29) is 18.6 Å². The highest BCUT2D eigenvalue weighted by atomic mass is 16.5. The van der Waals surface area contributed by atoms with Crippen LogP contribution in [0.4, 0.5) is 0 Å². The van der Waals surface area contributed by atoms with Crippen molar-refractivity contribution in [1.82, 2.24) is 4.57 Å². The number of ether oxygens (including phenoxy) is 2. The quantitative estimate of drug-likeness (QED) is 0.582. The molecule has 0 saturated carbocycles. The zero-order chi connectivity index (χ0) is 16.1. The van der Waals surface area contributed by atoms with Crippen LogP contribution in [0.1, 0.15) is 37.6 Å². The average Bonchev–Trinajstić information content (AvgIpc) is 2.84. The molecule has 0 radical (unpaired) electrons. The summed E-state index contributed by atoms with van der Waals surface area (Å²) in [4.78, 5) is 23.2. The summed E-state index contributed by atoms with van der Waals surface area (Å²) in [5, 5.41) is 0.775. The lowest BCUT2D eigenvalue weighted by Gasteiger charge is -2.11. The molecule has 0 amide bonds. The van der Waals surface area contributed by atoms with Gasteiger partial charge in [-0.05, 0) is 38.5 Å². The number of carbonyl (C=O) groups is 2. The van der Waals surface area contributed by atoms with Gasteiger partial charge in [-0.2, -0.15) is 0 Å². The molecule has 0 fully saturated rings. The molecule has 1 aromatic heterocycles. The van der Waals surface area contributed by atoms with Gasteiger partial charge in [0.15, 0.2) is 6.29 Å². The molecule has 1 aromatic carbocycles. The molecule has 0 aliphatic rings. The highest BCUT2D eigenvalue weighted by Crippen LogP contribution is 2.25. The molecular formula is C17H21NO4. The molecule has 22 heavy (non-hydrogen) atoms. The number of hydrogen-bond acceptors (Lipinski definition) is 4. The van der Waals surface area contributed by atoms with Crippen LogP contribution in [-0.4, -0.2) is 29.5 Å². The van der Waals surface area contributed by atoms with Gasteiger partial charge < -0.3 is 14.0 Å². The molecule has 2 rings (SSSR count). The molecule has 2 aromatic rings. The van der Waals surface area contributed by atoms with Gasteiger partial charge in [0.25, 0.3) is 0 Å². The highest BCUT2D eigenvalue weighted by Gasteiger charge is 2.14. The fourth-order valence-electron chi connectivity index (χ4n) is 2.27. The number of benzene rings is 1. The molecule has 1 heterocycles. The van der Waals surface area contributed by atoms with E-state index in [0.29, 0.717) is 17.9 Å². The number of nitrogens with zero attached hydrogens (tertiary/aromatic N) is 1. The summed E-state index contributed by atoms with van der Waals surface area (Å²) < 4.78 is 12.5. The largest absolute Gasteiger partial charge is 0.494 e. The normalized spacial score (nSPS) is 12.1. The molecule has 0 bridgehead atoms. The summed E-state index contributed by atoms with van der Waals surface area (Å²) in [6.07, 6.45) is 3.12. The molecule has 0 aliphatic carbocycles. The Kier molecular flexibility index (Phi) is 5.20. The van der Waals surface area contributed by atoms with Crippen LogP contribution in [0.15, 0.2) is 24.4 Å². The number of rotatable bonds is 7. The topological polar surface area (TPSA) is 57.5 Å². The first-order chi connectivity index (χ1) is 10.6. The Balaban J connectivity index is 2.30. The second kappa shape index (κ2) is 7.11. The molecule has 0 aliphatic heterocycles. The Morgan fingerprint density at radius 1 is 1.36 bits per heavy atom. The predicted molar refractivity (Wildman–Crippen MR) is 84.3 cm³/mol. The molecule has 0 N–H and O–H groups in total. The van der Waals surface area contributed by atoms with E-state index < -0.39 is 0 Å². The Morgan fingerprint density at radius 3 is 2.77 bits per heavy atom. The first-order valence-corrected chi connectivity index (χ1v) is 7.49. The van der Waals surface area contributed by atoms with E-state index in [9.17, 15) is 9.59 Å². The van der Waals surface area contributed by atoms with Gasteiger partial charge >= 0.3 is 5.97 Å². The molecule has 0 saturated heterocycles. The zero-order valence-electron chi connectivity index (χ0n) is 13.2. The number of esters is 1. The maximum absolute atomic E-state index is 11.9. The third-order valence-corrected chi connectivity index (χ3v) is 3.53. The second-order valence-corrected chi connectivity index (χ2v) is 5.15. The zero-order valence-corrected chi connectivity index (χ0v) is 13.2. The van der Waals surface area contributed by atoms with Gasteiger partial charge in [-0.15, -0.1) is 0 Å². The van der Waals surface area contributed by atoms with Crippen molar-refractivity contribution >= 4 is 23.2 Å². The molecular weight excluding hydrogens is 282 g/mol. The van der Waals surface area contributed by atoms with Crippen molar-refractivity contribution in [2.24, 2.45) is 0 Å². The van der Waals surface area contributed by atoms with Crippen molar-refractivity contribution in [1.29, 1.82) is 0 Å². The SMILES string of the molecule is CCOc1ccc2c(c1)c(C=O)cn2CC(=O)OC(C)CC. The lowest BCUT2D eigenvalue weighted by atomic mass is 10.2. The number of fused-ring (bicyclic) bond motifs is 1. The van der Waals surface area contributed by atoms with Crippen LogP contribution < -0.4 is 4.74 Å². The molecule has 0 spiro atoms. The number of aromatic nitrogens is 1. The molecule has 118 valence electrons. The van der Waals surface area contributed by atoms with E-state index in [1.165, 1.54) is 0 Å². The van der Waals surface area contributed by atoms with E-state index in [1.54, 1.807) is 10.8 Å². The minimum absolute atomic E-state index is 0.0860. The number of aldehydes is 1. The maximum Gasteiger partial charge on any atom is 0.326 e. The number of hydrogen-bond donors (Lipinski definition) is 0. The number of carbonyl (C=O) groups excluding carboxylic acids is 2. The Labute approximate surface area is 129 Å². The standard InChI is InChI=1S/C17H21NO4/c1-4-12(3)22-17(20)10-18-9-13(11-19)15-8-14(21-5-2)6-7-16(15)18/h6-9,11-12H,4-5,10H2,1-3H3. The molecule has 1 unspecified atom stereocenters. The minimum atomic E-state index is -0.308. The Bertz CT molecular complexity index is 675. The van der Waals surface area contributed by atoms with Gasteiger partial charge in [0.05, 0.1) is 12.7 Å². The highest BCUT2D eigenvalue weighted by molar-refractivity contribution is 5.98. The third kappa shape index (κ3) is 3.47. The van der Waals surface area contributed by atoms with Crippen molar-refractivity contribution in [2.45, 2.75) is 39.8 Å². The summed E-state index contributed by atoms with van der Waals surface area (Å²) in [7, 11) is 0. The first kappa shape index (κ1) is 16.1. The van der Waals surface area contributed by atoms with Gasteiger partial charge in [0, 0.05) is 22.7 Å². The smallest absolute Gasteiger partial charge is 0.326 e. The molecule has 5 heteroatoms. The van der Waals surface area contributed by atoms with Crippen LogP contribution in [0.25, 0.3) is 10.9 Å². The Hall–Kier alpha value is -2.30. The molecule has 1 atom stereocenters. The molecule has 5 nitrogen and oxygen atoms in total. The van der Waals surface area contributed by atoms with Crippen molar-refractivity contribution in [3.63, 3.8) is 0 Å². The monoisotopic (exact) mass is 303 g/mol. The minimum Gasteiger partial charge on any atom is -0.494 e. The van der Waals surface area contributed by atoms with Crippen LogP contribution in [-0.2, 0) is 16.1 Å². The second-order valence-electron chi connectivity index (χ2n) is 5.15. The van der Waals surface area contributed by atoms with Crippen molar-refractivity contribution in [3.05, 3.63) is 30.0 Å². The third-order valence-electron chi connectivity index (χ3n) is 3.53. The van der Waals surface area contributed by atoms with E-state index in [4.69, 9.17) is 9.47 Å². The van der Waals surface area contributed by atoms with Crippen LogP contribution in [0.5, 0.6) is 5.75 Å². The fraction of sp³-hybridized carbons (Fsp3) is 0.412. The van der Waals surface area contributed by atoms with Crippen molar-refractivity contribution in [2.75, 3.05) is 6.61 Å². The van der Waals surface area contributed by atoms with Crippen molar-refractivity contribution in [3.8, 4) is 5.75 Å². The van der Waals surface area contributed by atoms with E-state index in [0.717, 1.165) is 23.6 Å². The average molecular weight is 303 g/mol. The van der Waals surface area contributed by atoms with Gasteiger partial charge in [-0.3, -0.25) is 9.59 Å². The lowest BCUT2D eigenvalue weighted by molar-refractivity contribution is -0.148. The predicted octanol–water partition coefficient (Wildman–Crippen LogP) is 3.19. The van der Waals surface area contributed by atoms with E-state index in [2.05, 4.69) is 0 Å².